The maximum Gasteiger partial charge on any atom is 0.126 e. The van der Waals surface area contributed by atoms with Gasteiger partial charge in [0.1, 0.15) is 5.75 Å². The number of hydrogen-bond acceptors (Lipinski definition) is 3. The van der Waals surface area contributed by atoms with Crippen LogP contribution >= 0.6 is 0 Å². The monoisotopic (exact) mass is 528 g/mol. The number of anilines is 2. The van der Waals surface area contributed by atoms with Crippen LogP contribution in [-0.2, 0) is 5.41 Å². The molecule has 0 radical (unpaired) electrons. The molecule has 3 heteroatoms. The molecule has 0 bridgehead atoms. The maximum atomic E-state index is 6.92. The number of hydrazine groups is 1. The lowest BCUT2D eigenvalue weighted by Gasteiger charge is -2.31. The van der Waals surface area contributed by atoms with Crippen LogP contribution in [0, 0.1) is 0 Å². The summed E-state index contributed by atoms with van der Waals surface area (Å²) in [4.78, 5) is 0. The highest BCUT2D eigenvalue weighted by Crippen LogP contribution is 2.63. The highest BCUT2D eigenvalue weighted by atomic mass is 16.5. The van der Waals surface area contributed by atoms with Crippen LogP contribution in [-0.4, -0.2) is 7.11 Å². The standard InChI is InChI=1S/C38H28N2O/c1-41-37-22-20-26(23-32(37)25-11-3-2-4-12-25)40(39)27-19-21-31-30-15-7-10-18-35(30)38(36(31)24-27)33-16-8-5-13-28(33)29-14-6-9-17-34(29)38/h2-24H,39H2,1H3. The van der Waals surface area contributed by atoms with Crippen LogP contribution in [0.15, 0.2) is 140 Å². The molecule has 0 saturated heterocycles. The second-order valence-electron chi connectivity index (χ2n) is 10.7. The van der Waals surface area contributed by atoms with Crippen molar-refractivity contribution in [2.24, 2.45) is 5.84 Å². The van der Waals surface area contributed by atoms with Gasteiger partial charge in [-0.3, -0.25) is 5.01 Å². The molecule has 0 heterocycles. The van der Waals surface area contributed by atoms with E-state index in [4.69, 9.17) is 10.6 Å². The minimum absolute atomic E-state index is 0.398. The van der Waals surface area contributed by atoms with E-state index in [-0.39, 0.29) is 0 Å². The summed E-state index contributed by atoms with van der Waals surface area (Å²) in [6, 6.07) is 49.6. The third-order valence-electron chi connectivity index (χ3n) is 8.80. The smallest absolute Gasteiger partial charge is 0.126 e. The normalized spacial score (nSPS) is 13.3. The Morgan fingerprint density at radius 1 is 0.488 bits per heavy atom. The van der Waals surface area contributed by atoms with Crippen LogP contribution in [0.3, 0.4) is 0 Å². The second-order valence-corrected chi connectivity index (χ2v) is 10.7. The Morgan fingerprint density at radius 3 is 1.56 bits per heavy atom. The van der Waals surface area contributed by atoms with E-state index in [2.05, 4.69) is 109 Å². The van der Waals surface area contributed by atoms with E-state index in [1.165, 1.54) is 44.5 Å². The third-order valence-corrected chi connectivity index (χ3v) is 8.80. The fourth-order valence-corrected chi connectivity index (χ4v) is 7.07. The van der Waals surface area contributed by atoms with Crippen molar-refractivity contribution >= 4 is 11.4 Å². The minimum Gasteiger partial charge on any atom is -0.496 e. The number of benzene rings is 6. The zero-order valence-corrected chi connectivity index (χ0v) is 22.7. The molecule has 0 saturated carbocycles. The van der Waals surface area contributed by atoms with Gasteiger partial charge in [-0.1, -0.05) is 109 Å². The Kier molecular flexibility index (Phi) is 5.18. The lowest BCUT2D eigenvalue weighted by molar-refractivity contribution is 0.416. The van der Waals surface area contributed by atoms with Crippen LogP contribution in [0.5, 0.6) is 5.75 Å². The molecule has 0 atom stereocenters. The van der Waals surface area contributed by atoms with Gasteiger partial charge in [0.2, 0.25) is 0 Å². The first-order valence-corrected chi connectivity index (χ1v) is 13.9. The van der Waals surface area contributed by atoms with Gasteiger partial charge in [0.15, 0.2) is 0 Å². The molecule has 0 aliphatic heterocycles. The van der Waals surface area contributed by atoms with Crippen LogP contribution in [0.2, 0.25) is 0 Å². The molecule has 6 aromatic rings. The van der Waals surface area contributed by atoms with E-state index in [0.717, 1.165) is 28.3 Å². The quantitative estimate of drug-likeness (QED) is 0.183. The Balaban J connectivity index is 1.34. The fraction of sp³-hybridized carbons (Fsp3) is 0.0526. The second kappa shape index (κ2) is 8.95. The van der Waals surface area contributed by atoms with E-state index < -0.39 is 5.41 Å². The molecule has 2 N–H and O–H groups in total. The van der Waals surface area contributed by atoms with Crippen molar-refractivity contribution in [1.82, 2.24) is 0 Å². The molecule has 2 aliphatic rings. The lowest BCUT2D eigenvalue weighted by atomic mass is 9.70. The Labute approximate surface area is 240 Å². The van der Waals surface area contributed by atoms with Crippen molar-refractivity contribution in [3.8, 4) is 39.1 Å². The molecule has 41 heavy (non-hydrogen) atoms. The first-order chi connectivity index (χ1) is 20.2. The topological polar surface area (TPSA) is 38.5 Å². The van der Waals surface area contributed by atoms with E-state index in [1.54, 1.807) is 12.1 Å². The summed E-state index contributed by atoms with van der Waals surface area (Å²) in [5.41, 5.74) is 13.9. The van der Waals surface area contributed by atoms with Crippen molar-refractivity contribution in [3.05, 3.63) is 162 Å². The number of fused-ring (bicyclic) bond motifs is 10. The summed E-state index contributed by atoms with van der Waals surface area (Å²) >= 11 is 0. The van der Waals surface area contributed by atoms with E-state index >= 15 is 0 Å². The van der Waals surface area contributed by atoms with Gasteiger partial charge in [-0.25, -0.2) is 5.84 Å². The van der Waals surface area contributed by atoms with Gasteiger partial charge < -0.3 is 4.74 Å². The van der Waals surface area contributed by atoms with Gasteiger partial charge in [-0.15, -0.1) is 0 Å². The summed E-state index contributed by atoms with van der Waals surface area (Å²) in [6.45, 7) is 0. The zero-order chi connectivity index (χ0) is 27.6. The Hall–Kier alpha value is -5.12. The number of methoxy groups -OCH3 is 1. The predicted molar refractivity (Wildman–Crippen MR) is 167 cm³/mol. The molecular weight excluding hydrogens is 500 g/mol. The van der Waals surface area contributed by atoms with Crippen molar-refractivity contribution in [2.45, 2.75) is 5.41 Å². The number of ether oxygens (including phenoxy) is 1. The molecule has 196 valence electrons. The molecule has 0 fully saturated rings. The SMILES string of the molecule is COc1ccc(N(N)c2ccc3c(c2)C2(c4ccccc4-c4ccccc42)c2ccccc2-3)cc1-c1ccccc1. The summed E-state index contributed by atoms with van der Waals surface area (Å²) < 4.78 is 5.71. The van der Waals surface area contributed by atoms with Crippen LogP contribution in [0.1, 0.15) is 22.3 Å². The lowest BCUT2D eigenvalue weighted by Crippen LogP contribution is -2.28. The Morgan fingerprint density at radius 2 is 0.976 bits per heavy atom. The molecule has 6 aromatic carbocycles. The molecule has 8 rings (SSSR count). The number of nitrogens with zero attached hydrogens (tertiary/aromatic N) is 1. The fourth-order valence-electron chi connectivity index (χ4n) is 7.07. The summed E-state index contributed by atoms with van der Waals surface area (Å²) in [7, 11) is 1.70. The van der Waals surface area contributed by atoms with Gasteiger partial charge in [0, 0.05) is 5.56 Å². The average molecular weight is 529 g/mol. The highest BCUT2D eigenvalue weighted by Gasteiger charge is 2.51. The van der Waals surface area contributed by atoms with E-state index in [1.807, 2.05) is 30.3 Å². The first kappa shape index (κ1) is 23.7. The van der Waals surface area contributed by atoms with Gasteiger partial charge in [-0.2, -0.15) is 0 Å². The van der Waals surface area contributed by atoms with Crippen molar-refractivity contribution in [3.63, 3.8) is 0 Å². The molecule has 0 unspecified atom stereocenters. The van der Waals surface area contributed by atoms with Gasteiger partial charge in [0.05, 0.1) is 23.9 Å². The molecule has 3 nitrogen and oxygen atoms in total. The summed E-state index contributed by atoms with van der Waals surface area (Å²) in [6.07, 6.45) is 0. The van der Waals surface area contributed by atoms with Crippen molar-refractivity contribution < 1.29 is 4.74 Å². The predicted octanol–water partition coefficient (Wildman–Crippen LogP) is 8.72. The van der Waals surface area contributed by atoms with Crippen molar-refractivity contribution in [1.29, 1.82) is 0 Å². The summed E-state index contributed by atoms with van der Waals surface area (Å²) in [5, 5.41) is 1.79. The molecule has 0 amide bonds. The van der Waals surface area contributed by atoms with Crippen molar-refractivity contribution in [2.75, 3.05) is 12.1 Å². The molecule has 2 aliphatic carbocycles. The Bertz CT molecular complexity index is 1900. The van der Waals surface area contributed by atoms with Crippen LogP contribution in [0.25, 0.3) is 33.4 Å². The number of nitrogens with two attached hydrogens (primary N) is 1. The molecular formula is C38H28N2O. The number of rotatable bonds is 4. The maximum absolute atomic E-state index is 6.92. The van der Waals surface area contributed by atoms with E-state index in [9.17, 15) is 0 Å². The third kappa shape index (κ3) is 3.24. The van der Waals surface area contributed by atoms with E-state index in [0.29, 0.717) is 0 Å². The van der Waals surface area contributed by atoms with Gasteiger partial charge in [-0.05, 0) is 80.4 Å². The van der Waals surface area contributed by atoms with Gasteiger partial charge >= 0.3 is 0 Å². The zero-order valence-electron chi connectivity index (χ0n) is 22.7. The van der Waals surface area contributed by atoms with Crippen LogP contribution < -0.4 is 15.6 Å². The van der Waals surface area contributed by atoms with Gasteiger partial charge in [0.25, 0.3) is 0 Å². The molecule has 1 spiro atoms. The highest BCUT2D eigenvalue weighted by molar-refractivity contribution is 5.95. The summed E-state index contributed by atoms with van der Waals surface area (Å²) in [5.74, 6) is 7.74. The average Bonchev–Trinajstić information content (AvgIpc) is 3.51. The number of hydrogen-bond donors (Lipinski definition) is 1. The molecule has 0 aromatic heterocycles. The van der Waals surface area contributed by atoms with Crippen LogP contribution in [0.4, 0.5) is 11.4 Å². The first-order valence-electron chi connectivity index (χ1n) is 13.9. The minimum atomic E-state index is -0.398. The largest absolute Gasteiger partial charge is 0.496 e.